The number of fused-ring (bicyclic) bond motifs is 1. The number of likely N-dealkylation sites (tertiary alicyclic amines) is 1. The highest BCUT2D eigenvalue weighted by molar-refractivity contribution is 6.31. The van der Waals surface area contributed by atoms with Crippen LogP contribution in [0.25, 0.3) is 0 Å². The monoisotopic (exact) mass is 441 g/mol. The van der Waals surface area contributed by atoms with E-state index in [4.69, 9.17) is 5.11 Å². The molecule has 1 saturated heterocycles. The number of nitrogens with one attached hydrogen (secondary N) is 1. The lowest BCUT2D eigenvalue weighted by Crippen LogP contribution is -2.41. The SMILES string of the molecule is CC.O=C(O)C(=O)N1CCC(c2ccc(NC(=O)N3Cc4ccc(F)cc4C3)cc2)CC1. The molecular formula is C24H28FN3O4. The molecule has 3 amide bonds. The fraction of sp³-hybridized carbons (Fsp3) is 0.375. The van der Waals surface area contributed by atoms with Gasteiger partial charge in [0.1, 0.15) is 5.82 Å². The van der Waals surface area contributed by atoms with Crippen LogP contribution in [0.1, 0.15) is 49.3 Å². The van der Waals surface area contributed by atoms with E-state index < -0.39 is 11.9 Å². The van der Waals surface area contributed by atoms with Gasteiger partial charge in [-0.15, -0.1) is 0 Å². The quantitative estimate of drug-likeness (QED) is 0.684. The van der Waals surface area contributed by atoms with Crippen molar-refractivity contribution in [2.75, 3.05) is 18.4 Å². The number of carboxylic acid groups (broad SMARTS) is 1. The van der Waals surface area contributed by atoms with E-state index in [0.717, 1.165) is 16.7 Å². The van der Waals surface area contributed by atoms with E-state index in [1.54, 1.807) is 11.0 Å². The minimum Gasteiger partial charge on any atom is -0.474 e. The van der Waals surface area contributed by atoms with Crippen LogP contribution in [0.2, 0.25) is 0 Å². The summed E-state index contributed by atoms with van der Waals surface area (Å²) in [7, 11) is 0. The zero-order valence-corrected chi connectivity index (χ0v) is 18.3. The first-order chi connectivity index (χ1) is 15.4. The summed E-state index contributed by atoms with van der Waals surface area (Å²) < 4.78 is 13.4. The summed E-state index contributed by atoms with van der Waals surface area (Å²) in [6, 6.07) is 11.9. The lowest BCUT2D eigenvalue weighted by atomic mass is 9.89. The second-order valence-corrected chi connectivity index (χ2v) is 7.69. The van der Waals surface area contributed by atoms with Crippen molar-refractivity contribution in [1.82, 2.24) is 9.80 Å². The van der Waals surface area contributed by atoms with Crippen LogP contribution in [0.5, 0.6) is 0 Å². The van der Waals surface area contributed by atoms with Crippen molar-refractivity contribution in [2.45, 2.75) is 45.7 Å². The van der Waals surface area contributed by atoms with Gasteiger partial charge < -0.3 is 20.2 Å². The predicted molar refractivity (Wildman–Crippen MR) is 119 cm³/mol. The Morgan fingerprint density at radius 2 is 1.56 bits per heavy atom. The van der Waals surface area contributed by atoms with Gasteiger partial charge in [0, 0.05) is 31.9 Å². The predicted octanol–water partition coefficient (Wildman–Crippen LogP) is 4.19. The Kier molecular flexibility index (Phi) is 7.45. The van der Waals surface area contributed by atoms with Gasteiger partial charge in [-0.3, -0.25) is 4.79 Å². The molecule has 2 aromatic carbocycles. The van der Waals surface area contributed by atoms with Crippen LogP contribution in [0, 0.1) is 5.82 Å². The molecule has 170 valence electrons. The summed E-state index contributed by atoms with van der Waals surface area (Å²) in [5.74, 6) is -2.32. The Labute approximate surface area is 186 Å². The molecule has 2 aliphatic heterocycles. The molecule has 2 aromatic rings. The Bertz CT molecular complexity index is 985. The number of hydrogen-bond acceptors (Lipinski definition) is 3. The van der Waals surface area contributed by atoms with E-state index in [2.05, 4.69) is 5.32 Å². The first kappa shape index (κ1) is 23.2. The largest absolute Gasteiger partial charge is 0.474 e. The van der Waals surface area contributed by atoms with Gasteiger partial charge in [0.2, 0.25) is 0 Å². The molecule has 0 aliphatic carbocycles. The van der Waals surface area contributed by atoms with Gasteiger partial charge in [0.15, 0.2) is 0 Å². The molecule has 0 saturated carbocycles. The molecule has 7 nitrogen and oxygen atoms in total. The first-order valence-corrected chi connectivity index (χ1v) is 10.9. The molecule has 2 heterocycles. The van der Waals surface area contributed by atoms with Crippen LogP contribution in [0.4, 0.5) is 14.9 Å². The normalized spacial score (nSPS) is 15.5. The lowest BCUT2D eigenvalue weighted by Gasteiger charge is -2.31. The number of piperidine rings is 1. The number of nitrogens with zero attached hydrogens (tertiary/aromatic N) is 2. The molecule has 4 rings (SSSR count). The average Bonchev–Trinajstić information content (AvgIpc) is 3.24. The Hall–Kier alpha value is -3.42. The zero-order chi connectivity index (χ0) is 23.3. The highest BCUT2D eigenvalue weighted by Crippen LogP contribution is 2.29. The van der Waals surface area contributed by atoms with Crippen LogP contribution in [-0.4, -0.2) is 45.9 Å². The Morgan fingerprint density at radius 3 is 2.19 bits per heavy atom. The van der Waals surface area contributed by atoms with Gasteiger partial charge in [-0.2, -0.15) is 0 Å². The Balaban J connectivity index is 0.00000141. The standard InChI is InChI=1S/C22H22FN3O4.C2H6/c23-18-4-1-16-12-26(13-17(16)11-18)22(30)24-19-5-2-14(3-6-19)15-7-9-25(10-8-15)20(27)21(28)29;1-2/h1-6,11,15H,7-10,12-13H2,(H,24,30)(H,28,29);1-2H3. The lowest BCUT2D eigenvalue weighted by molar-refractivity contribution is -0.156. The smallest absolute Gasteiger partial charge is 0.394 e. The van der Waals surface area contributed by atoms with Crippen molar-refractivity contribution >= 4 is 23.6 Å². The van der Waals surface area contributed by atoms with Gasteiger partial charge in [0.05, 0.1) is 0 Å². The number of urea groups is 1. The van der Waals surface area contributed by atoms with Crippen LogP contribution in [-0.2, 0) is 22.7 Å². The fourth-order valence-electron chi connectivity index (χ4n) is 4.10. The minimum atomic E-state index is -1.42. The third-order valence-corrected chi connectivity index (χ3v) is 5.78. The van der Waals surface area contributed by atoms with E-state index in [9.17, 15) is 18.8 Å². The van der Waals surface area contributed by atoms with Crippen molar-refractivity contribution < 1.29 is 23.9 Å². The van der Waals surface area contributed by atoms with Crippen molar-refractivity contribution in [1.29, 1.82) is 0 Å². The first-order valence-electron chi connectivity index (χ1n) is 10.9. The van der Waals surface area contributed by atoms with Gasteiger partial charge in [-0.1, -0.05) is 32.0 Å². The molecule has 0 spiro atoms. The van der Waals surface area contributed by atoms with Crippen LogP contribution in [0.3, 0.4) is 0 Å². The Morgan fingerprint density at radius 1 is 0.938 bits per heavy atom. The molecule has 2 aliphatic rings. The number of benzene rings is 2. The molecule has 0 radical (unpaired) electrons. The number of carbonyl (C=O) groups excluding carboxylic acids is 2. The summed E-state index contributed by atoms with van der Waals surface area (Å²) in [5, 5.41) is 11.7. The molecular weight excluding hydrogens is 413 g/mol. The number of hydrogen-bond donors (Lipinski definition) is 2. The highest BCUT2D eigenvalue weighted by Gasteiger charge is 2.27. The summed E-state index contributed by atoms with van der Waals surface area (Å²) in [6.07, 6.45) is 1.40. The molecule has 0 unspecified atom stereocenters. The average molecular weight is 442 g/mol. The number of carboxylic acids is 1. The molecule has 0 bridgehead atoms. The summed E-state index contributed by atoms with van der Waals surface area (Å²) in [5.41, 5.74) is 3.55. The van der Waals surface area contributed by atoms with E-state index in [1.165, 1.54) is 17.0 Å². The number of rotatable bonds is 2. The molecule has 8 heteroatoms. The number of halogens is 1. The fourth-order valence-corrected chi connectivity index (χ4v) is 4.10. The van der Waals surface area contributed by atoms with Crippen LogP contribution in [0.15, 0.2) is 42.5 Å². The maximum atomic E-state index is 13.4. The number of amides is 3. The third-order valence-electron chi connectivity index (χ3n) is 5.78. The van der Waals surface area contributed by atoms with Gasteiger partial charge in [0.25, 0.3) is 0 Å². The van der Waals surface area contributed by atoms with E-state index in [0.29, 0.717) is 44.7 Å². The highest BCUT2D eigenvalue weighted by atomic mass is 19.1. The van der Waals surface area contributed by atoms with E-state index in [1.807, 2.05) is 38.1 Å². The van der Waals surface area contributed by atoms with Gasteiger partial charge in [-0.05, 0) is 59.7 Å². The topological polar surface area (TPSA) is 90.0 Å². The maximum Gasteiger partial charge on any atom is 0.394 e. The molecule has 2 N–H and O–H groups in total. The van der Waals surface area contributed by atoms with Crippen molar-refractivity contribution in [3.63, 3.8) is 0 Å². The summed E-state index contributed by atoms with van der Waals surface area (Å²) in [4.78, 5) is 37.9. The molecule has 1 fully saturated rings. The number of aliphatic carboxylic acids is 1. The van der Waals surface area contributed by atoms with Crippen LogP contribution >= 0.6 is 0 Å². The maximum absolute atomic E-state index is 13.4. The molecule has 0 aromatic heterocycles. The van der Waals surface area contributed by atoms with E-state index in [-0.39, 0.29) is 17.8 Å². The van der Waals surface area contributed by atoms with E-state index >= 15 is 0 Å². The number of carbonyl (C=O) groups is 3. The van der Waals surface area contributed by atoms with Crippen molar-refractivity contribution in [2.24, 2.45) is 0 Å². The third kappa shape index (κ3) is 5.25. The number of anilines is 1. The van der Waals surface area contributed by atoms with Crippen molar-refractivity contribution in [3.8, 4) is 0 Å². The van der Waals surface area contributed by atoms with Gasteiger partial charge in [-0.25, -0.2) is 14.0 Å². The van der Waals surface area contributed by atoms with Crippen LogP contribution < -0.4 is 5.32 Å². The second kappa shape index (κ2) is 10.3. The summed E-state index contributed by atoms with van der Waals surface area (Å²) >= 11 is 0. The minimum absolute atomic E-state index is 0.236. The second-order valence-electron chi connectivity index (χ2n) is 7.69. The van der Waals surface area contributed by atoms with Crippen molar-refractivity contribution in [3.05, 3.63) is 65.0 Å². The zero-order valence-electron chi connectivity index (χ0n) is 18.3. The molecule has 0 atom stereocenters. The summed E-state index contributed by atoms with van der Waals surface area (Å²) in [6.45, 7) is 5.67. The van der Waals surface area contributed by atoms with Gasteiger partial charge >= 0.3 is 17.9 Å². The molecule has 32 heavy (non-hydrogen) atoms.